The van der Waals surface area contributed by atoms with Crippen molar-refractivity contribution in [2.75, 3.05) is 43.1 Å². The maximum absolute atomic E-state index is 12.6. The highest BCUT2D eigenvalue weighted by Gasteiger charge is 2.36. The summed E-state index contributed by atoms with van der Waals surface area (Å²) in [5.74, 6) is -0.901. The summed E-state index contributed by atoms with van der Waals surface area (Å²) in [4.78, 5) is 44.9. The Morgan fingerprint density at radius 2 is 1.87 bits per heavy atom. The third kappa shape index (κ3) is 4.52. The third-order valence-corrected chi connectivity index (χ3v) is 5.62. The first-order chi connectivity index (χ1) is 14.6. The van der Waals surface area contributed by atoms with Crippen molar-refractivity contribution < 1.29 is 19.1 Å². The van der Waals surface area contributed by atoms with Crippen LogP contribution in [-0.2, 0) is 14.3 Å². The van der Waals surface area contributed by atoms with Crippen molar-refractivity contribution in [3.63, 3.8) is 0 Å². The van der Waals surface area contributed by atoms with E-state index in [1.807, 2.05) is 18.2 Å². The molecule has 4 rings (SSSR count). The zero-order valence-corrected chi connectivity index (χ0v) is 16.9. The number of morpholine rings is 1. The number of nitrogens with one attached hydrogen (secondary N) is 1. The van der Waals surface area contributed by atoms with Crippen LogP contribution in [0.4, 0.5) is 16.2 Å². The van der Waals surface area contributed by atoms with E-state index in [2.05, 4.69) is 15.2 Å². The normalized spacial score (nSPS) is 18.2. The monoisotopic (exact) mass is 424 g/mol. The lowest BCUT2D eigenvalue weighted by molar-refractivity contribution is -0.127. The van der Waals surface area contributed by atoms with Crippen LogP contribution in [0.25, 0.3) is 6.08 Å². The Hall–Kier alpha value is -3.17. The molecule has 1 aromatic carbocycles. The van der Waals surface area contributed by atoms with E-state index in [-0.39, 0.29) is 11.4 Å². The van der Waals surface area contributed by atoms with Crippen LogP contribution in [0, 0.1) is 0 Å². The van der Waals surface area contributed by atoms with Gasteiger partial charge in [-0.05, 0) is 47.7 Å². The number of carbonyl (C=O) groups excluding carboxylic acids is 3. The lowest BCUT2D eigenvalue weighted by Crippen LogP contribution is -2.38. The van der Waals surface area contributed by atoms with Crippen LogP contribution in [0.15, 0.2) is 53.7 Å². The van der Waals surface area contributed by atoms with Gasteiger partial charge in [0, 0.05) is 25.5 Å². The Labute approximate surface area is 177 Å². The Morgan fingerprint density at radius 3 is 2.63 bits per heavy atom. The fraction of sp³-hybridized carbons (Fsp3) is 0.238. The smallest absolute Gasteiger partial charge is 0.294 e. The van der Waals surface area contributed by atoms with Gasteiger partial charge in [0.1, 0.15) is 6.54 Å². The van der Waals surface area contributed by atoms with Crippen LogP contribution in [0.5, 0.6) is 0 Å². The molecule has 3 heterocycles. The Bertz CT molecular complexity index is 990. The predicted octanol–water partition coefficient (Wildman–Crippen LogP) is 2.59. The number of nitrogens with zero attached hydrogens (tertiary/aromatic N) is 3. The number of carbonyl (C=O) groups is 3. The third-order valence-electron chi connectivity index (χ3n) is 4.71. The first kappa shape index (κ1) is 20.1. The number of imide groups is 1. The molecule has 2 aromatic rings. The van der Waals surface area contributed by atoms with E-state index in [0.717, 1.165) is 41.0 Å². The molecule has 8 nitrogen and oxygen atoms in total. The van der Waals surface area contributed by atoms with Crippen LogP contribution < -0.4 is 10.2 Å². The van der Waals surface area contributed by atoms with Crippen molar-refractivity contribution >= 4 is 46.3 Å². The summed E-state index contributed by atoms with van der Waals surface area (Å²) in [6, 6.07) is 10.9. The van der Waals surface area contributed by atoms with E-state index in [9.17, 15) is 14.4 Å². The average Bonchev–Trinajstić information content (AvgIpc) is 3.03. The number of thioether (sulfide) groups is 1. The molecule has 2 saturated heterocycles. The molecule has 9 heteroatoms. The molecule has 154 valence electrons. The first-order valence-corrected chi connectivity index (χ1v) is 10.3. The Balaban J connectivity index is 1.44. The minimum Gasteiger partial charge on any atom is -0.378 e. The molecular weight excluding hydrogens is 404 g/mol. The SMILES string of the molecule is O=C(CN1C(=O)S/C(=C/c2ccncc2)C1=O)Nc1ccccc1N1CCOCC1. The number of anilines is 2. The summed E-state index contributed by atoms with van der Waals surface area (Å²) < 4.78 is 5.39. The van der Waals surface area contributed by atoms with E-state index in [1.165, 1.54) is 0 Å². The maximum atomic E-state index is 12.6. The average molecular weight is 424 g/mol. The van der Waals surface area contributed by atoms with Crippen LogP contribution in [0.3, 0.4) is 0 Å². The van der Waals surface area contributed by atoms with Gasteiger partial charge in [-0.3, -0.25) is 24.3 Å². The van der Waals surface area contributed by atoms with Gasteiger partial charge in [-0.2, -0.15) is 0 Å². The number of ether oxygens (including phenoxy) is 1. The minimum absolute atomic E-state index is 0.285. The van der Waals surface area contributed by atoms with E-state index < -0.39 is 17.1 Å². The number of para-hydroxylation sites is 2. The van der Waals surface area contributed by atoms with Crippen molar-refractivity contribution in [1.29, 1.82) is 0 Å². The van der Waals surface area contributed by atoms with E-state index in [0.29, 0.717) is 18.9 Å². The molecule has 0 bridgehead atoms. The predicted molar refractivity (Wildman–Crippen MR) is 115 cm³/mol. The number of hydrogen-bond acceptors (Lipinski definition) is 7. The second-order valence-electron chi connectivity index (χ2n) is 6.71. The first-order valence-electron chi connectivity index (χ1n) is 9.49. The number of aromatic nitrogens is 1. The van der Waals surface area contributed by atoms with Crippen LogP contribution in [0.2, 0.25) is 0 Å². The van der Waals surface area contributed by atoms with Gasteiger partial charge in [0.25, 0.3) is 11.1 Å². The number of pyridine rings is 1. The van der Waals surface area contributed by atoms with Crippen molar-refractivity contribution in [3.8, 4) is 0 Å². The summed E-state index contributed by atoms with van der Waals surface area (Å²) in [6.45, 7) is 2.38. The zero-order chi connectivity index (χ0) is 20.9. The molecule has 0 unspecified atom stereocenters. The molecule has 2 aliphatic heterocycles. The molecular formula is C21H20N4O4S. The van der Waals surface area contributed by atoms with Gasteiger partial charge in [-0.25, -0.2) is 0 Å². The molecule has 0 aliphatic carbocycles. The lowest BCUT2D eigenvalue weighted by Gasteiger charge is -2.30. The Kier molecular flexibility index (Phi) is 6.10. The van der Waals surface area contributed by atoms with Gasteiger partial charge in [-0.1, -0.05) is 12.1 Å². The van der Waals surface area contributed by atoms with Gasteiger partial charge in [-0.15, -0.1) is 0 Å². The second-order valence-corrected chi connectivity index (χ2v) is 7.71. The summed E-state index contributed by atoms with van der Waals surface area (Å²) >= 11 is 0.827. The van der Waals surface area contributed by atoms with Crippen molar-refractivity contribution in [2.24, 2.45) is 0 Å². The molecule has 2 fully saturated rings. The van der Waals surface area contributed by atoms with Crippen molar-refractivity contribution in [1.82, 2.24) is 9.88 Å². The second kappa shape index (κ2) is 9.10. The molecule has 1 N–H and O–H groups in total. The highest BCUT2D eigenvalue weighted by atomic mass is 32.2. The number of amides is 3. The summed E-state index contributed by atoms with van der Waals surface area (Å²) in [6.07, 6.45) is 4.84. The standard InChI is InChI=1S/C21H20N4O4S/c26-19(23-16-3-1-2-4-17(16)24-9-11-29-12-10-24)14-25-20(27)18(30-21(25)28)13-15-5-7-22-8-6-15/h1-8,13H,9-12,14H2,(H,23,26)/b18-13+. The fourth-order valence-electron chi connectivity index (χ4n) is 3.24. The van der Waals surface area contributed by atoms with Crippen LogP contribution >= 0.6 is 11.8 Å². The molecule has 2 aliphatic rings. The molecule has 0 radical (unpaired) electrons. The highest BCUT2D eigenvalue weighted by Crippen LogP contribution is 2.32. The summed E-state index contributed by atoms with van der Waals surface area (Å²) in [5.41, 5.74) is 2.30. The molecule has 3 amide bonds. The zero-order valence-electron chi connectivity index (χ0n) is 16.1. The molecule has 0 atom stereocenters. The minimum atomic E-state index is -0.474. The molecule has 1 aromatic heterocycles. The molecule has 0 spiro atoms. The van der Waals surface area contributed by atoms with Gasteiger partial charge in [0.05, 0.1) is 29.5 Å². The van der Waals surface area contributed by atoms with Gasteiger partial charge in [0.2, 0.25) is 5.91 Å². The van der Waals surface area contributed by atoms with E-state index in [1.54, 1.807) is 36.7 Å². The van der Waals surface area contributed by atoms with Crippen molar-refractivity contribution in [3.05, 3.63) is 59.3 Å². The van der Waals surface area contributed by atoms with E-state index in [4.69, 9.17) is 4.74 Å². The van der Waals surface area contributed by atoms with Gasteiger partial charge in [0.15, 0.2) is 0 Å². The van der Waals surface area contributed by atoms with Gasteiger partial charge < -0.3 is 15.0 Å². The number of rotatable bonds is 5. The summed E-state index contributed by atoms with van der Waals surface area (Å²) in [5, 5.41) is 2.37. The maximum Gasteiger partial charge on any atom is 0.294 e. The van der Waals surface area contributed by atoms with E-state index >= 15 is 0 Å². The lowest BCUT2D eigenvalue weighted by atomic mass is 10.2. The van der Waals surface area contributed by atoms with Gasteiger partial charge >= 0.3 is 0 Å². The van der Waals surface area contributed by atoms with Crippen LogP contribution in [-0.4, -0.2) is 59.8 Å². The molecule has 30 heavy (non-hydrogen) atoms. The molecule has 0 saturated carbocycles. The largest absolute Gasteiger partial charge is 0.378 e. The quantitative estimate of drug-likeness (QED) is 0.738. The van der Waals surface area contributed by atoms with Crippen molar-refractivity contribution in [2.45, 2.75) is 0 Å². The fourth-order valence-corrected chi connectivity index (χ4v) is 4.08. The highest BCUT2D eigenvalue weighted by molar-refractivity contribution is 8.18. The number of benzene rings is 1. The summed E-state index contributed by atoms with van der Waals surface area (Å²) in [7, 11) is 0. The Morgan fingerprint density at radius 1 is 1.13 bits per heavy atom. The topological polar surface area (TPSA) is 91.8 Å². The van der Waals surface area contributed by atoms with Crippen LogP contribution in [0.1, 0.15) is 5.56 Å². The number of hydrogen-bond donors (Lipinski definition) is 1.